The summed E-state index contributed by atoms with van der Waals surface area (Å²) in [6.07, 6.45) is 0. The van der Waals surface area contributed by atoms with E-state index in [-0.39, 0.29) is 11.6 Å². The van der Waals surface area contributed by atoms with Crippen LogP contribution in [-0.4, -0.2) is 51.9 Å². The Labute approximate surface area is 145 Å². The molecule has 1 aromatic heterocycles. The second kappa shape index (κ2) is 6.57. The van der Waals surface area contributed by atoms with Crippen LogP contribution in [0.1, 0.15) is 15.9 Å². The maximum Gasteiger partial charge on any atom is 0.323 e. The molecule has 0 aliphatic carbocycles. The summed E-state index contributed by atoms with van der Waals surface area (Å²) in [6.45, 7) is 4.08. The fraction of sp³-hybridized carbons (Fsp3) is 0.263. The smallest absolute Gasteiger partial charge is 0.323 e. The number of nitrogens with zero attached hydrogens (tertiary/aromatic N) is 2. The number of piperazine rings is 1. The van der Waals surface area contributed by atoms with Gasteiger partial charge in [-0.15, -0.1) is 0 Å². The molecule has 3 aromatic rings. The lowest BCUT2D eigenvalue weighted by atomic mass is 10.1. The van der Waals surface area contributed by atoms with Crippen molar-refractivity contribution in [2.24, 2.45) is 0 Å². The number of carbonyl (C=O) groups excluding carboxylic acids is 1. The molecular formula is C19H20N4O2. The highest BCUT2D eigenvalue weighted by atomic mass is 16.2. The molecule has 25 heavy (non-hydrogen) atoms. The Morgan fingerprint density at radius 1 is 0.920 bits per heavy atom. The van der Waals surface area contributed by atoms with Gasteiger partial charge in [0.15, 0.2) is 0 Å². The SMILES string of the molecule is O=C(c1ccc2[nH]c(=O)[nH]c2c1)N1CCN(Cc2ccccc2)CC1. The normalized spacial score (nSPS) is 15.6. The molecule has 1 aliphatic heterocycles. The van der Waals surface area contributed by atoms with E-state index in [9.17, 15) is 9.59 Å². The summed E-state index contributed by atoms with van der Waals surface area (Å²) in [7, 11) is 0. The molecule has 0 spiro atoms. The van der Waals surface area contributed by atoms with E-state index in [1.807, 2.05) is 11.0 Å². The summed E-state index contributed by atoms with van der Waals surface area (Å²) < 4.78 is 0. The van der Waals surface area contributed by atoms with Gasteiger partial charge in [0, 0.05) is 38.3 Å². The second-order valence-electron chi connectivity index (χ2n) is 6.39. The fourth-order valence-electron chi connectivity index (χ4n) is 3.30. The van der Waals surface area contributed by atoms with Crippen molar-refractivity contribution in [3.63, 3.8) is 0 Å². The molecule has 1 saturated heterocycles. The molecule has 2 aromatic carbocycles. The molecule has 2 heterocycles. The Hall–Kier alpha value is -2.86. The number of aromatic amines is 2. The number of fused-ring (bicyclic) bond motifs is 1. The molecule has 1 amide bonds. The van der Waals surface area contributed by atoms with Crippen LogP contribution in [0.5, 0.6) is 0 Å². The van der Waals surface area contributed by atoms with Crippen molar-refractivity contribution in [2.45, 2.75) is 6.54 Å². The number of H-pyrrole nitrogens is 2. The lowest BCUT2D eigenvalue weighted by Gasteiger charge is -2.34. The van der Waals surface area contributed by atoms with Gasteiger partial charge in [-0.05, 0) is 23.8 Å². The summed E-state index contributed by atoms with van der Waals surface area (Å²) in [4.78, 5) is 33.7. The van der Waals surface area contributed by atoms with Gasteiger partial charge in [-0.1, -0.05) is 30.3 Å². The van der Waals surface area contributed by atoms with Crippen LogP contribution in [0.15, 0.2) is 53.3 Å². The highest BCUT2D eigenvalue weighted by Crippen LogP contribution is 2.15. The molecular weight excluding hydrogens is 316 g/mol. The monoisotopic (exact) mass is 336 g/mol. The van der Waals surface area contributed by atoms with Crippen LogP contribution in [0.2, 0.25) is 0 Å². The number of rotatable bonds is 3. The zero-order chi connectivity index (χ0) is 17.2. The van der Waals surface area contributed by atoms with E-state index in [1.54, 1.807) is 18.2 Å². The van der Waals surface area contributed by atoms with Gasteiger partial charge in [0.25, 0.3) is 5.91 Å². The number of amides is 1. The van der Waals surface area contributed by atoms with Crippen LogP contribution in [0.4, 0.5) is 0 Å². The lowest BCUT2D eigenvalue weighted by molar-refractivity contribution is 0.0628. The molecule has 1 aliphatic rings. The Morgan fingerprint density at radius 3 is 2.40 bits per heavy atom. The maximum absolute atomic E-state index is 12.7. The number of carbonyl (C=O) groups is 1. The maximum atomic E-state index is 12.7. The van der Waals surface area contributed by atoms with Crippen molar-refractivity contribution in [3.8, 4) is 0 Å². The Kier molecular flexibility index (Phi) is 4.11. The van der Waals surface area contributed by atoms with E-state index in [1.165, 1.54) is 5.56 Å². The minimum atomic E-state index is -0.255. The zero-order valence-corrected chi connectivity index (χ0v) is 13.9. The van der Waals surface area contributed by atoms with Crippen LogP contribution >= 0.6 is 0 Å². The third-order valence-corrected chi connectivity index (χ3v) is 4.67. The van der Waals surface area contributed by atoms with Gasteiger partial charge < -0.3 is 14.9 Å². The first-order valence-corrected chi connectivity index (χ1v) is 8.47. The van der Waals surface area contributed by atoms with Crippen molar-refractivity contribution in [1.29, 1.82) is 0 Å². The molecule has 1 fully saturated rings. The second-order valence-corrected chi connectivity index (χ2v) is 6.39. The third-order valence-electron chi connectivity index (χ3n) is 4.67. The van der Waals surface area contributed by atoms with Crippen molar-refractivity contribution in [1.82, 2.24) is 19.8 Å². The molecule has 4 rings (SSSR count). The van der Waals surface area contributed by atoms with Crippen LogP contribution in [0.3, 0.4) is 0 Å². The van der Waals surface area contributed by atoms with E-state index >= 15 is 0 Å². The quantitative estimate of drug-likeness (QED) is 0.766. The number of benzene rings is 2. The highest BCUT2D eigenvalue weighted by molar-refractivity contribution is 5.97. The minimum absolute atomic E-state index is 0.0170. The first-order chi connectivity index (χ1) is 12.2. The predicted molar refractivity (Wildman–Crippen MR) is 96.5 cm³/mol. The third kappa shape index (κ3) is 3.34. The molecule has 0 atom stereocenters. The summed E-state index contributed by atoms with van der Waals surface area (Å²) in [5, 5.41) is 0. The topological polar surface area (TPSA) is 72.2 Å². The average Bonchev–Trinajstić information content (AvgIpc) is 3.02. The minimum Gasteiger partial charge on any atom is -0.336 e. The Balaban J connectivity index is 1.41. The lowest BCUT2D eigenvalue weighted by Crippen LogP contribution is -2.48. The molecule has 0 unspecified atom stereocenters. The standard InChI is InChI=1S/C19H20N4O2/c24-18(15-6-7-16-17(12-15)21-19(25)20-16)23-10-8-22(9-11-23)13-14-4-2-1-3-5-14/h1-7,12H,8-11,13H2,(H2,20,21,25). The summed E-state index contributed by atoms with van der Waals surface area (Å²) in [5.74, 6) is 0.0170. The number of nitrogens with one attached hydrogen (secondary N) is 2. The van der Waals surface area contributed by atoms with Crippen LogP contribution in [0, 0.1) is 0 Å². The van der Waals surface area contributed by atoms with Crippen molar-refractivity contribution in [2.75, 3.05) is 26.2 Å². The summed E-state index contributed by atoms with van der Waals surface area (Å²) in [6, 6.07) is 15.7. The van der Waals surface area contributed by atoms with Crippen LogP contribution in [-0.2, 0) is 6.54 Å². The average molecular weight is 336 g/mol. The molecule has 128 valence electrons. The summed E-state index contributed by atoms with van der Waals surface area (Å²) in [5.41, 5.74) is 3.03. The molecule has 0 bridgehead atoms. The van der Waals surface area contributed by atoms with E-state index in [2.05, 4.69) is 39.1 Å². The van der Waals surface area contributed by atoms with Crippen LogP contribution < -0.4 is 5.69 Å². The van der Waals surface area contributed by atoms with Gasteiger partial charge in [0.2, 0.25) is 0 Å². The predicted octanol–water partition coefficient (Wildman–Crippen LogP) is 1.81. The number of imidazole rings is 1. The van der Waals surface area contributed by atoms with Gasteiger partial charge >= 0.3 is 5.69 Å². The number of aromatic nitrogens is 2. The van der Waals surface area contributed by atoms with Gasteiger partial charge in [-0.2, -0.15) is 0 Å². The zero-order valence-electron chi connectivity index (χ0n) is 13.9. The van der Waals surface area contributed by atoms with Gasteiger partial charge in [0.1, 0.15) is 0 Å². The molecule has 6 heteroatoms. The first-order valence-electron chi connectivity index (χ1n) is 8.47. The largest absolute Gasteiger partial charge is 0.336 e. The molecule has 0 radical (unpaired) electrons. The van der Waals surface area contributed by atoms with E-state index in [0.717, 1.165) is 19.6 Å². The number of hydrogen-bond donors (Lipinski definition) is 2. The Bertz CT molecular complexity index is 937. The molecule has 6 nitrogen and oxygen atoms in total. The van der Waals surface area contributed by atoms with Crippen molar-refractivity contribution in [3.05, 3.63) is 70.1 Å². The van der Waals surface area contributed by atoms with Gasteiger partial charge in [-0.25, -0.2) is 4.79 Å². The van der Waals surface area contributed by atoms with E-state index in [4.69, 9.17) is 0 Å². The fourth-order valence-corrected chi connectivity index (χ4v) is 3.30. The van der Waals surface area contributed by atoms with Gasteiger partial charge in [-0.3, -0.25) is 9.69 Å². The Morgan fingerprint density at radius 2 is 1.64 bits per heavy atom. The highest BCUT2D eigenvalue weighted by Gasteiger charge is 2.22. The number of hydrogen-bond acceptors (Lipinski definition) is 3. The molecule has 2 N–H and O–H groups in total. The van der Waals surface area contributed by atoms with Crippen molar-refractivity contribution < 1.29 is 4.79 Å². The van der Waals surface area contributed by atoms with E-state index in [0.29, 0.717) is 29.7 Å². The van der Waals surface area contributed by atoms with E-state index < -0.39 is 0 Å². The van der Waals surface area contributed by atoms with Crippen molar-refractivity contribution >= 4 is 16.9 Å². The van der Waals surface area contributed by atoms with Crippen LogP contribution in [0.25, 0.3) is 11.0 Å². The summed E-state index contributed by atoms with van der Waals surface area (Å²) >= 11 is 0. The first kappa shape index (κ1) is 15.7. The van der Waals surface area contributed by atoms with Gasteiger partial charge in [0.05, 0.1) is 11.0 Å². The molecule has 0 saturated carbocycles.